The Kier molecular flexibility index (Phi) is 77.1. The number of rotatable bonds is 75. The van der Waals surface area contributed by atoms with Gasteiger partial charge in [-0.05, 0) is 180 Å². The first kappa shape index (κ1) is 105. The van der Waals surface area contributed by atoms with Crippen LogP contribution in [0, 0.1) is 0 Å². The van der Waals surface area contributed by atoms with Gasteiger partial charge in [-0.1, -0.05) is 297 Å². The SMILES string of the molecule is CC/C=C\C/C=C\C/C=C\C/C=C\C/C=C\C/C=C\CCC(=O)OCC(COP(=O)(O)OCC(O)COP(=O)(O)OCC(COC(=O)CCC/C=C\C/C=C\C/C=C\C/C=C\C/C=C\CC)OC(=O)CCC/C=C\C/C=C\C/C=C\C/C=C\C/C=C\CC)OC(=O)CCCCCCCC/C=C\C/C=C\C/C=C\CCCCC. The summed E-state index contributed by atoms with van der Waals surface area (Å²) in [5.41, 5.74) is 0. The van der Waals surface area contributed by atoms with Crippen LogP contribution in [0.25, 0.3) is 0 Å². The smallest absolute Gasteiger partial charge is 0.462 e. The molecule has 0 aromatic carbocycles. The van der Waals surface area contributed by atoms with E-state index in [-0.39, 0.29) is 25.7 Å². The van der Waals surface area contributed by atoms with Gasteiger partial charge in [0.25, 0.3) is 0 Å². The molecule has 5 unspecified atom stereocenters. The van der Waals surface area contributed by atoms with E-state index in [2.05, 4.69) is 216 Å². The van der Waals surface area contributed by atoms with E-state index in [4.69, 9.17) is 37.0 Å². The molecule has 0 heterocycles. The van der Waals surface area contributed by atoms with Gasteiger partial charge in [0.05, 0.1) is 26.4 Å². The molecule has 112 heavy (non-hydrogen) atoms. The lowest BCUT2D eigenvalue weighted by molar-refractivity contribution is -0.161. The van der Waals surface area contributed by atoms with Gasteiger partial charge in [-0.15, -0.1) is 0 Å². The van der Waals surface area contributed by atoms with Crippen molar-refractivity contribution in [2.75, 3.05) is 39.6 Å². The van der Waals surface area contributed by atoms with Crippen LogP contribution in [0.4, 0.5) is 0 Å². The molecular formula is C93H144O17P2. The average Bonchev–Trinajstić information content (AvgIpc) is 0.898. The fourth-order valence-corrected chi connectivity index (χ4v) is 11.5. The molecule has 0 aliphatic carbocycles. The summed E-state index contributed by atoms with van der Waals surface area (Å²) in [6.45, 7) is 4.24. The highest BCUT2D eigenvalue weighted by Crippen LogP contribution is 2.45. The number of aliphatic hydroxyl groups is 1. The van der Waals surface area contributed by atoms with Crippen molar-refractivity contribution in [3.8, 4) is 0 Å². The number of hydrogen-bond acceptors (Lipinski definition) is 15. The number of hydrogen-bond donors (Lipinski definition) is 3. The summed E-state index contributed by atoms with van der Waals surface area (Å²) >= 11 is 0. The third-order valence-electron chi connectivity index (χ3n) is 16.1. The summed E-state index contributed by atoms with van der Waals surface area (Å²) in [6.07, 6.45) is 106. The maximum Gasteiger partial charge on any atom is 0.472 e. The van der Waals surface area contributed by atoms with Crippen molar-refractivity contribution in [1.82, 2.24) is 0 Å². The second-order valence-corrected chi connectivity index (χ2v) is 29.5. The Hall–Kier alpha value is -6.88. The van der Waals surface area contributed by atoms with Crippen molar-refractivity contribution in [3.05, 3.63) is 231 Å². The monoisotopic (exact) mass is 1590 g/mol. The van der Waals surface area contributed by atoms with Crippen LogP contribution in [0.3, 0.4) is 0 Å². The van der Waals surface area contributed by atoms with Gasteiger partial charge in [-0.2, -0.15) is 0 Å². The van der Waals surface area contributed by atoms with Gasteiger partial charge in [0.1, 0.15) is 19.3 Å². The Morgan fingerprint density at radius 2 is 0.491 bits per heavy atom. The lowest BCUT2D eigenvalue weighted by atomic mass is 10.1. The number of unbranched alkanes of at least 4 members (excludes halogenated alkanes) is 11. The topological polar surface area (TPSA) is 237 Å². The van der Waals surface area contributed by atoms with Crippen molar-refractivity contribution in [2.24, 2.45) is 0 Å². The largest absolute Gasteiger partial charge is 0.472 e. The molecule has 0 fully saturated rings. The second kappa shape index (κ2) is 82.1. The molecular weight excluding hydrogens is 1450 g/mol. The predicted molar refractivity (Wildman–Crippen MR) is 463 cm³/mol. The number of carbonyl (C=O) groups is 4. The lowest BCUT2D eigenvalue weighted by Crippen LogP contribution is -2.30. The van der Waals surface area contributed by atoms with Crippen LogP contribution in [-0.4, -0.2) is 96.7 Å². The Labute approximate surface area is 676 Å². The number of allylic oxidation sites excluding steroid dienone is 38. The minimum absolute atomic E-state index is 0.00810. The van der Waals surface area contributed by atoms with E-state index in [1.54, 1.807) is 0 Å². The summed E-state index contributed by atoms with van der Waals surface area (Å²) in [6, 6.07) is 0. The summed E-state index contributed by atoms with van der Waals surface area (Å²) < 4.78 is 68.5. The fraction of sp³-hybridized carbons (Fsp3) is 0.548. The lowest BCUT2D eigenvalue weighted by Gasteiger charge is -2.21. The van der Waals surface area contributed by atoms with E-state index in [1.807, 2.05) is 42.5 Å². The molecule has 19 heteroatoms. The quantitative estimate of drug-likeness (QED) is 0.0169. The van der Waals surface area contributed by atoms with Gasteiger partial charge in [-0.3, -0.25) is 37.3 Å². The second-order valence-electron chi connectivity index (χ2n) is 26.6. The number of phosphoric acid groups is 2. The van der Waals surface area contributed by atoms with Crippen LogP contribution in [0.15, 0.2) is 231 Å². The van der Waals surface area contributed by atoms with Crippen molar-refractivity contribution in [1.29, 1.82) is 0 Å². The summed E-state index contributed by atoms with van der Waals surface area (Å²) in [4.78, 5) is 73.2. The molecule has 0 saturated heterocycles. The molecule has 0 spiro atoms. The zero-order chi connectivity index (χ0) is 81.7. The Morgan fingerprint density at radius 1 is 0.259 bits per heavy atom. The van der Waals surface area contributed by atoms with E-state index in [0.29, 0.717) is 44.9 Å². The summed E-state index contributed by atoms with van der Waals surface area (Å²) in [5, 5.41) is 10.7. The molecule has 0 aliphatic heterocycles. The Bertz CT molecular complexity index is 3040. The van der Waals surface area contributed by atoms with E-state index in [0.717, 1.165) is 154 Å². The Morgan fingerprint density at radius 3 is 0.804 bits per heavy atom. The van der Waals surface area contributed by atoms with E-state index in [1.165, 1.54) is 19.3 Å². The van der Waals surface area contributed by atoms with Crippen molar-refractivity contribution in [3.63, 3.8) is 0 Å². The highest BCUT2D eigenvalue weighted by Gasteiger charge is 2.30. The number of aliphatic hydroxyl groups excluding tert-OH is 1. The number of esters is 4. The number of ether oxygens (including phenoxy) is 4. The number of carbonyl (C=O) groups excluding carboxylic acids is 4. The minimum atomic E-state index is -5.03. The third kappa shape index (κ3) is 81.1. The average molecular weight is 1600 g/mol. The van der Waals surface area contributed by atoms with Crippen LogP contribution in [0.5, 0.6) is 0 Å². The first-order valence-corrected chi connectivity index (χ1v) is 44.6. The van der Waals surface area contributed by atoms with Gasteiger partial charge >= 0.3 is 39.5 Å². The van der Waals surface area contributed by atoms with Crippen LogP contribution < -0.4 is 0 Å². The maximum absolute atomic E-state index is 13.1. The van der Waals surface area contributed by atoms with Gasteiger partial charge in [0.2, 0.25) is 0 Å². The van der Waals surface area contributed by atoms with Crippen molar-refractivity contribution >= 4 is 39.5 Å². The third-order valence-corrected chi connectivity index (χ3v) is 18.0. The first-order valence-electron chi connectivity index (χ1n) is 41.6. The van der Waals surface area contributed by atoms with Crippen LogP contribution in [0.1, 0.15) is 272 Å². The van der Waals surface area contributed by atoms with E-state index >= 15 is 0 Å². The summed E-state index contributed by atoms with van der Waals surface area (Å²) in [7, 11) is -10.1. The van der Waals surface area contributed by atoms with Crippen LogP contribution >= 0.6 is 15.6 Å². The van der Waals surface area contributed by atoms with Gasteiger partial charge in [-0.25, -0.2) is 9.13 Å². The van der Waals surface area contributed by atoms with Gasteiger partial charge in [0.15, 0.2) is 12.2 Å². The normalized spacial score (nSPS) is 15.0. The molecule has 0 saturated carbocycles. The molecule has 0 radical (unpaired) electrons. The molecule has 5 atom stereocenters. The molecule has 0 aromatic heterocycles. The molecule has 628 valence electrons. The van der Waals surface area contributed by atoms with E-state index < -0.39 is 97.5 Å². The molecule has 0 bridgehead atoms. The Balaban J connectivity index is 5.60. The van der Waals surface area contributed by atoms with E-state index in [9.17, 15) is 43.2 Å². The molecule has 3 N–H and O–H groups in total. The highest BCUT2D eigenvalue weighted by molar-refractivity contribution is 7.47. The van der Waals surface area contributed by atoms with Crippen LogP contribution in [0.2, 0.25) is 0 Å². The zero-order valence-corrected chi connectivity index (χ0v) is 70.5. The van der Waals surface area contributed by atoms with Crippen molar-refractivity contribution in [2.45, 2.75) is 290 Å². The molecule has 0 rings (SSSR count). The first-order chi connectivity index (χ1) is 54.7. The molecule has 0 amide bonds. The summed E-state index contributed by atoms with van der Waals surface area (Å²) in [5.74, 6) is -2.45. The maximum atomic E-state index is 13.1. The van der Waals surface area contributed by atoms with Gasteiger partial charge < -0.3 is 33.8 Å². The fourth-order valence-electron chi connectivity index (χ4n) is 9.91. The molecule has 0 aromatic rings. The number of phosphoric ester groups is 2. The zero-order valence-electron chi connectivity index (χ0n) is 68.7. The van der Waals surface area contributed by atoms with Crippen LogP contribution in [-0.2, 0) is 65.4 Å². The standard InChI is InChI=1S/C93H144O17P2/c1-5-9-13-17-21-25-29-33-37-41-43-47-50-54-58-62-66-70-74-78-91(96)104-84-89(110-93(98)80-76-72-68-64-60-56-52-48-44-42-38-34-30-26-22-18-14-10-6-2)86-108-112(101,102)106-82-87(94)81-105-111(99,100)107-85-88(109-92(97)79-75-71-67-63-59-55-51-46-40-36-32-28-24-20-16-12-8-4)83-103-90(95)77-73-69-65-61-57-53-49-45-39-35-31-27-23-19-15-11-7-3/h9,11-13,15-16,21-28,33-40,43-44,47-49,51,53-55,58,61,63,65-67,70,87-89,94H,5-8,10,14,17-20,29-32,41-42,45-46,50,52,56-57,59-60,62,64,68-69,71-86H2,1-4H3,(H,99,100)(H,101,102)/b13-9-,15-11-,16-12-,25-21-,26-22-,27-23-,28-24-,37-33-,38-34-,39-35-,40-36-,47-43-,48-44-,53-49-,55-51-,58-54-,65-61-,67-63-,70-66-. The molecule has 17 nitrogen and oxygen atoms in total. The molecule has 0 aliphatic rings. The predicted octanol–water partition coefficient (Wildman–Crippen LogP) is 25.0. The minimum Gasteiger partial charge on any atom is -0.462 e. The highest BCUT2D eigenvalue weighted by atomic mass is 31.2. The van der Waals surface area contributed by atoms with Crippen molar-refractivity contribution < 1.29 is 80.2 Å². The van der Waals surface area contributed by atoms with Gasteiger partial charge in [0, 0.05) is 25.7 Å².